The molecule has 7 nitrogen and oxygen atoms in total. The van der Waals surface area contributed by atoms with Crippen LogP contribution in [0.25, 0.3) is 0 Å². The maximum atomic E-state index is 12.3. The zero-order chi connectivity index (χ0) is 19.1. The number of amides is 2. The Balaban J connectivity index is 1.35. The van der Waals surface area contributed by atoms with Crippen molar-refractivity contribution < 1.29 is 18.7 Å². The SMILES string of the molecule is COc1ccc(CNCCC(=O)N2CCN(C(=O)c3ccco3)CC2)cc1. The number of nitrogens with one attached hydrogen (secondary N) is 1. The van der Waals surface area contributed by atoms with E-state index < -0.39 is 0 Å². The summed E-state index contributed by atoms with van der Waals surface area (Å²) in [7, 11) is 1.64. The van der Waals surface area contributed by atoms with E-state index in [-0.39, 0.29) is 11.8 Å². The first-order valence-electron chi connectivity index (χ1n) is 9.11. The quantitative estimate of drug-likeness (QED) is 0.751. The van der Waals surface area contributed by atoms with Gasteiger partial charge in [-0.2, -0.15) is 0 Å². The minimum Gasteiger partial charge on any atom is -0.497 e. The van der Waals surface area contributed by atoms with Crippen LogP contribution < -0.4 is 10.1 Å². The van der Waals surface area contributed by atoms with E-state index in [1.165, 1.54) is 6.26 Å². The van der Waals surface area contributed by atoms with E-state index in [4.69, 9.17) is 9.15 Å². The number of methoxy groups -OCH3 is 1. The van der Waals surface area contributed by atoms with Crippen LogP contribution in [0.2, 0.25) is 0 Å². The number of rotatable bonds is 7. The lowest BCUT2D eigenvalue weighted by atomic mass is 10.2. The fourth-order valence-corrected chi connectivity index (χ4v) is 3.04. The summed E-state index contributed by atoms with van der Waals surface area (Å²) in [4.78, 5) is 28.1. The molecule has 1 N–H and O–H groups in total. The number of piperazine rings is 1. The topological polar surface area (TPSA) is 75.0 Å². The molecule has 1 fully saturated rings. The normalized spacial score (nSPS) is 14.3. The molecule has 2 aromatic rings. The molecule has 0 aliphatic carbocycles. The maximum absolute atomic E-state index is 12.3. The van der Waals surface area contributed by atoms with Gasteiger partial charge in [-0.15, -0.1) is 0 Å². The highest BCUT2D eigenvalue weighted by molar-refractivity contribution is 5.91. The van der Waals surface area contributed by atoms with E-state index >= 15 is 0 Å². The predicted molar refractivity (Wildman–Crippen MR) is 101 cm³/mol. The molecule has 144 valence electrons. The van der Waals surface area contributed by atoms with Crippen molar-refractivity contribution in [3.63, 3.8) is 0 Å². The average molecular weight is 371 g/mol. The third kappa shape index (κ3) is 5.10. The molecule has 0 saturated carbocycles. The number of furan rings is 1. The van der Waals surface area contributed by atoms with Crippen molar-refractivity contribution in [2.45, 2.75) is 13.0 Å². The van der Waals surface area contributed by atoms with Crippen molar-refractivity contribution in [3.8, 4) is 5.75 Å². The Kier molecular flexibility index (Phi) is 6.49. The van der Waals surface area contributed by atoms with Crippen LogP contribution >= 0.6 is 0 Å². The molecule has 27 heavy (non-hydrogen) atoms. The lowest BCUT2D eigenvalue weighted by molar-refractivity contribution is -0.132. The van der Waals surface area contributed by atoms with E-state index in [1.54, 1.807) is 24.1 Å². The third-order valence-corrected chi connectivity index (χ3v) is 4.66. The highest BCUT2D eigenvalue weighted by Crippen LogP contribution is 2.12. The first kappa shape index (κ1) is 19.0. The van der Waals surface area contributed by atoms with E-state index in [9.17, 15) is 9.59 Å². The molecule has 2 heterocycles. The molecule has 7 heteroatoms. The smallest absolute Gasteiger partial charge is 0.289 e. The van der Waals surface area contributed by atoms with Crippen molar-refractivity contribution in [1.82, 2.24) is 15.1 Å². The van der Waals surface area contributed by atoms with Gasteiger partial charge in [-0.3, -0.25) is 9.59 Å². The van der Waals surface area contributed by atoms with Crippen molar-refractivity contribution in [3.05, 3.63) is 54.0 Å². The van der Waals surface area contributed by atoms with Gasteiger partial charge in [0.2, 0.25) is 5.91 Å². The number of benzene rings is 1. The molecule has 0 spiro atoms. The summed E-state index contributed by atoms with van der Waals surface area (Å²) < 4.78 is 10.3. The van der Waals surface area contributed by atoms with Crippen LogP contribution in [0, 0.1) is 0 Å². The first-order chi connectivity index (χ1) is 13.2. The van der Waals surface area contributed by atoms with Gasteiger partial charge < -0.3 is 24.3 Å². The Hall–Kier alpha value is -2.80. The summed E-state index contributed by atoms with van der Waals surface area (Å²) in [5, 5.41) is 3.29. The van der Waals surface area contributed by atoms with Crippen molar-refractivity contribution in [1.29, 1.82) is 0 Å². The molecule has 1 aliphatic heterocycles. The second-order valence-electron chi connectivity index (χ2n) is 6.43. The molecule has 1 saturated heterocycles. The Labute approximate surface area is 158 Å². The lowest BCUT2D eigenvalue weighted by Gasteiger charge is -2.34. The first-order valence-corrected chi connectivity index (χ1v) is 9.11. The second kappa shape index (κ2) is 9.23. The van der Waals surface area contributed by atoms with Gasteiger partial charge in [-0.25, -0.2) is 0 Å². The molecule has 0 radical (unpaired) electrons. The van der Waals surface area contributed by atoms with E-state index in [1.807, 2.05) is 29.2 Å². The van der Waals surface area contributed by atoms with Crippen LogP contribution in [0.3, 0.4) is 0 Å². The van der Waals surface area contributed by atoms with Crippen molar-refractivity contribution in [2.24, 2.45) is 0 Å². The number of carbonyl (C=O) groups is 2. The van der Waals surface area contributed by atoms with Crippen LogP contribution in [0.1, 0.15) is 22.5 Å². The van der Waals surface area contributed by atoms with Crippen LogP contribution in [0.4, 0.5) is 0 Å². The summed E-state index contributed by atoms with van der Waals surface area (Å²) in [6, 6.07) is 11.2. The van der Waals surface area contributed by atoms with Gasteiger partial charge in [-0.05, 0) is 29.8 Å². The van der Waals surface area contributed by atoms with Crippen molar-refractivity contribution >= 4 is 11.8 Å². The fraction of sp³-hybridized carbons (Fsp3) is 0.400. The van der Waals surface area contributed by atoms with Gasteiger partial charge in [0, 0.05) is 45.7 Å². The fourth-order valence-electron chi connectivity index (χ4n) is 3.04. The van der Waals surface area contributed by atoms with Gasteiger partial charge in [0.15, 0.2) is 5.76 Å². The summed E-state index contributed by atoms with van der Waals surface area (Å²) in [6.07, 6.45) is 1.94. The summed E-state index contributed by atoms with van der Waals surface area (Å²) in [5.41, 5.74) is 1.15. The molecule has 1 aliphatic rings. The summed E-state index contributed by atoms with van der Waals surface area (Å²) >= 11 is 0. The van der Waals surface area contributed by atoms with Gasteiger partial charge >= 0.3 is 0 Å². The highest BCUT2D eigenvalue weighted by Gasteiger charge is 2.25. The summed E-state index contributed by atoms with van der Waals surface area (Å²) in [6.45, 7) is 3.52. The lowest BCUT2D eigenvalue weighted by Crippen LogP contribution is -2.50. The van der Waals surface area contributed by atoms with Crippen molar-refractivity contribution in [2.75, 3.05) is 39.8 Å². The van der Waals surface area contributed by atoms with E-state index in [2.05, 4.69) is 5.32 Å². The number of ether oxygens (including phenoxy) is 1. The molecule has 3 rings (SSSR count). The molecule has 1 aromatic heterocycles. The Bertz CT molecular complexity index is 735. The third-order valence-electron chi connectivity index (χ3n) is 4.66. The standard InChI is InChI=1S/C20H25N3O4/c1-26-17-6-4-16(5-7-17)15-21-9-8-19(24)22-10-12-23(13-11-22)20(25)18-3-2-14-27-18/h2-7,14,21H,8-13,15H2,1H3. The zero-order valence-corrected chi connectivity index (χ0v) is 15.5. The molecule has 0 atom stereocenters. The zero-order valence-electron chi connectivity index (χ0n) is 15.5. The van der Waals surface area contributed by atoms with Gasteiger partial charge in [-0.1, -0.05) is 12.1 Å². The maximum Gasteiger partial charge on any atom is 0.289 e. The average Bonchev–Trinajstić information content (AvgIpc) is 3.26. The predicted octanol–water partition coefficient (Wildman–Crippen LogP) is 1.75. The number of hydrogen-bond acceptors (Lipinski definition) is 5. The number of carbonyl (C=O) groups excluding carboxylic acids is 2. The minimum absolute atomic E-state index is 0.113. The largest absolute Gasteiger partial charge is 0.497 e. The molecule has 0 bridgehead atoms. The van der Waals surface area contributed by atoms with Crippen LogP contribution in [-0.2, 0) is 11.3 Å². The van der Waals surface area contributed by atoms with E-state index in [0.29, 0.717) is 51.4 Å². The molecule has 1 aromatic carbocycles. The molecular formula is C20H25N3O4. The molecule has 0 unspecified atom stereocenters. The van der Waals surface area contributed by atoms with E-state index in [0.717, 1.165) is 11.3 Å². The molecular weight excluding hydrogens is 346 g/mol. The Morgan fingerprint density at radius 1 is 1.07 bits per heavy atom. The Morgan fingerprint density at radius 3 is 2.41 bits per heavy atom. The number of nitrogens with zero attached hydrogens (tertiary/aromatic N) is 2. The van der Waals surface area contributed by atoms with Crippen LogP contribution in [0.5, 0.6) is 5.75 Å². The highest BCUT2D eigenvalue weighted by atomic mass is 16.5. The monoisotopic (exact) mass is 371 g/mol. The second-order valence-corrected chi connectivity index (χ2v) is 6.43. The summed E-state index contributed by atoms with van der Waals surface area (Å²) in [5.74, 6) is 1.17. The van der Waals surface area contributed by atoms with Crippen LogP contribution in [-0.4, -0.2) is 61.4 Å². The number of hydrogen-bond donors (Lipinski definition) is 1. The van der Waals surface area contributed by atoms with Gasteiger partial charge in [0.25, 0.3) is 5.91 Å². The van der Waals surface area contributed by atoms with Crippen LogP contribution in [0.15, 0.2) is 47.1 Å². The van der Waals surface area contributed by atoms with Gasteiger partial charge in [0.05, 0.1) is 13.4 Å². The minimum atomic E-state index is -0.117. The Morgan fingerprint density at radius 2 is 1.78 bits per heavy atom. The molecule has 2 amide bonds. The van der Waals surface area contributed by atoms with Gasteiger partial charge in [0.1, 0.15) is 5.75 Å².